The van der Waals surface area contributed by atoms with Gasteiger partial charge < -0.3 is 5.73 Å². The van der Waals surface area contributed by atoms with E-state index in [2.05, 4.69) is 16.2 Å². The first-order chi connectivity index (χ1) is 14.7. The number of nitrogen functional groups attached to an aromatic ring is 1. The van der Waals surface area contributed by atoms with Crippen LogP contribution in [0.25, 0.3) is 0 Å². The van der Waals surface area contributed by atoms with E-state index in [0.29, 0.717) is 16.8 Å². The molecule has 4 rings (SSSR count). The molecular weight excluding hydrogens is 443 g/mol. The average molecular weight is 458 g/mol. The standard InChI is InChI=1S/C21H14F3N7.ClH/c1-12-17(11-26)18(14-7-5-13(10-25)6-8-14)31-20(28-19(27)29-31)30(12)16-4-2-3-15(9-16)21(22,23)24;/h2-9,18H,1H3,(H2,27,29);1H/t18-;/m1./s1. The van der Waals surface area contributed by atoms with Crippen LogP contribution in [-0.4, -0.2) is 14.8 Å². The summed E-state index contributed by atoms with van der Waals surface area (Å²) < 4.78 is 41.2. The Morgan fingerprint density at radius 2 is 1.75 bits per heavy atom. The van der Waals surface area contributed by atoms with Crippen LogP contribution in [0.15, 0.2) is 59.8 Å². The smallest absolute Gasteiger partial charge is 0.366 e. The van der Waals surface area contributed by atoms with Crippen molar-refractivity contribution in [3.63, 3.8) is 0 Å². The quantitative estimate of drug-likeness (QED) is 0.597. The summed E-state index contributed by atoms with van der Waals surface area (Å²) in [5.41, 5.74) is 6.93. The fourth-order valence-electron chi connectivity index (χ4n) is 3.57. The molecule has 1 aromatic heterocycles. The number of allylic oxidation sites excluding steroid dienone is 2. The Hall–Kier alpha value is -4.02. The number of rotatable bonds is 2. The Morgan fingerprint density at radius 3 is 2.34 bits per heavy atom. The van der Waals surface area contributed by atoms with Crippen LogP contribution >= 0.6 is 12.4 Å². The molecule has 2 N–H and O–H groups in total. The lowest BCUT2D eigenvalue weighted by atomic mass is 9.95. The van der Waals surface area contributed by atoms with E-state index in [1.807, 2.05) is 6.07 Å². The van der Waals surface area contributed by atoms with Gasteiger partial charge in [0.1, 0.15) is 6.04 Å². The highest BCUT2D eigenvalue weighted by Gasteiger charge is 2.37. The van der Waals surface area contributed by atoms with Crippen molar-refractivity contribution in [2.24, 2.45) is 0 Å². The number of alkyl halides is 3. The van der Waals surface area contributed by atoms with E-state index in [1.54, 1.807) is 31.2 Å². The molecule has 32 heavy (non-hydrogen) atoms. The van der Waals surface area contributed by atoms with Gasteiger partial charge in [-0.15, -0.1) is 17.5 Å². The first-order valence-electron chi connectivity index (χ1n) is 9.05. The number of nitriles is 2. The molecule has 0 fully saturated rings. The molecule has 11 heteroatoms. The van der Waals surface area contributed by atoms with E-state index in [1.165, 1.54) is 21.7 Å². The lowest BCUT2D eigenvalue weighted by Crippen LogP contribution is -2.31. The number of fused-ring (bicyclic) bond motifs is 1. The Balaban J connectivity index is 0.00000289. The Morgan fingerprint density at radius 1 is 1.06 bits per heavy atom. The number of benzene rings is 2. The highest BCUT2D eigenvalue weighted by molar-refractivity contribution is 5.85. The topological polar surface area (TPSA) is 108 Å². The van der Waals surface area contributed by atoms with Crippen LogP contribution in [0.1, 0.15) is 29.7 Å². The first kappa shape index (κ1) is 22.7. The molecule has 2 heterocycles. The number of aromatic nitrogens is 3. The van der Waals surface area contributed by atoms with Crippen LogP contribution in [0.2, 0.25) is 0 Å². The maximum Gasteiger partial charge on any atom is 0.416 e. The Bertz CT molecular complexity index is 1280. The van der Waals surface area contributed by atoms with Crippen molar-refractivity contribution in [2.75, 3.05) is 10.6 Å². The number of anilines is 3. The van der Waals surface area contributed by atoms with E-state index >= 15 is 0 Å². The van der Waals surface area contributed by atoms with Crippen LogP contribution in [0, 0.1) is 22.7 Å². The third-order valence-corrected chi connectivity index (χ3v) is 4.98. The van der Waals surface area contributed by atoms with Gasteiger partial charge in [0.2, 0.25) is 11.9 Å². The SMILES string of the molecule is CC1=C(C#N)[C@@H](c2ccc(C#N)cc2)n2nc(N)nc2N1c1cccc(C(F)(F)F)c1.Cl. The molecule has 0 spiro atoms. The second-order valence-corrected chi connectivity index (χ2v) is 6.85. The normalized spacial score (nSPS) is 15.4. The van der Waals surface area contributed by atoms with Gasteiger partial charge in [0, 0.05) is 11.4 Å². The Labute approximate surface area is 187 Å². The minimum atomic E-state index is -4.53. The molecular formula is C21H15ClF3N7. The minimum absolute atomic E-state index is 0. The first-order valence-corrected chi connectivity index (χ1v) is 9.05. The number of nitrogens with zero attached hydrogens (tertiary/aromatic N) is 6. The Kier molecular flexibility index (Phi) is 5.84. The van der Waals surface area contributed by atoms with Crippen molar-refractivity contribution in [2.45, 2.75) is 19.1 Å². The van der Waals surface area contributed by atoms with Gasteiger partial charge in [-0.2, -0.15) is 28.7 Å². The van der Waals surface area contributed by atoms with Crippen molar-refractivity contribution < 1.29 is 13.2 Å². The average Bonchev–Trinajstić information content (AvgIpc) is 3.13. The van der Waals surface area contributed by atoms with Crippen LogP contribution in [-0.2, 0) is 6.18 Å². The third-order valence-electron chi connectivity index (χ3n) is 4.98. The number of hydrogen-bond acceptors (Lipinski definition) is 6. The molecule has 0 amide bonds. The van der Waals surface area contributed by atoms with Crippen molar-refractivity contribution in [3.8, 4) is 12.1 Å². The predicted octanol–water partition coefficient (Wildman–Crippen LogP) is 4.71. The van der Waals surface area contributed by atoms with E-state index in [0.717, 1.165) is 12.1 Å². The lowest BCUT2D eigenvalue weighted by molar-refractivity contribution is -0.137. The number of nitrogens with two attached hydrogens (primary N) is 1. The monoisotopic (exact) mass is 457 g/mol. The predicted molar refractivity (Wildman–Crippen MR) is 113 cm³/mol. The van der Waals surface area contributed by atoms with E-state index < -0.39 is 17.8 Å². The van der Waals surface area contributed by atoms with Crippen LogP contribution in [0.4, 0.5) is 30.8 Å². The molecule has 1 aliphatic rings. The second-order valence-electron chi connectivity index (χ2n) is 6.85. The molecule has 1 aliphatic heterocycles. The summed E-state index contributed by atoms with van der Waals surface area (Å²) in [7, 11) is 0. The van der Waals surface area contributed by atoms with Gasteiger partial charge in [-0.25, -0.2) is 4.68 Å². The molecule has 3 aromatic rings. The highest BCUT2D eigenvalue weighted by Crippen LogP contribution is 2.43. The summed E-state index contributed by atoms with van der Waals surface area (Å²) in [6.45, 7) is 1.63. The highest BCUT2D eigenvalue weighted by atomic mass is 35.5. The van der Waals surface area contributed by atoms with Crippen LogP contribution in [0.3, 0.4) is 0 Å². The van der Waals surface area contributed by atoms with Gasteiger partial charge in [-0.05, 0) is 42.8 Å². The fraction of sp³-hybridized carbons (Fsp3) is 0.143. The molecule has 0 saturated carbocycles. The summed E-state index contributed by atoms with van der Waals surface area (Å²) in [6.07, 6.45) is -4.53. The lowest BCUT2D eigenvalue weighted by Gasteiger charge is -2.34. The summed E-state index contributed by atoms with van der Waals surface area (Å²) in [4.78, 5) is 5.64. The molecule has 162 valence electrons. The number of hydrogen-bond donors (Lipinski definition) is 1. The van der Waals surface area contributed by atoms with Gasteiger partial charge in [0.25, 0.3) is 0 Å². The maximum absolute atomic E-state index is 13.3. The van der Waals surface area contributed by atoms with E-state index in [9.17, 15) is 18.4 Å². The largest absolute Gasteiger partial charge is 0.416 e. The van der Waals surface area contributed by atoms with Crippen LogP contribution in [0.5, 0.6) is 0 Å². The maximum atomic E-state index is 13.3. The fourth-order valence-corrected chi connectivity index (χ4v) is 3.57. The van der Waals surface area contributed by atoms with Crippen molar-refractivity contribution in [1.29, 1.82) is 10.5 Å². The van der Waals surface area contributed by atoms with E-state index in [4.69, 9.17) is 11.0 Å². The zero-order valence-corrected chi connectivity index (χ0v) is 17.3. The van der Waals surface area contributed by atoms with E-state index in [-0.39, 0.29) is 35.6 Å². The summed E-state index contributed by atoms with van der Waals surface area (Å²) in [6, 6.07) is 14.8. The minimum Gasteiger partial charge on any atom is -0.366 e. The molecule has 0 aliphatic carbocycles. The second kappa shape index (κ2) is 8.25. The van der Waals surface area contributed by atoms with Gasteiger partial charge >= 0.3 is 6.18 Å². The van der Waals surface area contributed by atoms with Crippen molar-refractivity contribution in [1.82, 2.24) is 14.8 Å². The number of halogens is 4. The van der Waals surface area contributed by atoms with Crippen molar-refractivity contribution in [3.05, 3.63) is 76.5 Å². The molecule has 0 radical (unpaired) electrons. The summed E-state index contributed by atoms with van der Waals surface area (Å²) in [5, 5.41) is 23.2. The summed E-state index contributed by atoms with van der Waals surface area (Å²) in [5.74, 6) is 0.0975. The zero-order valence-electron chi connectivity index (χ0n) is 16.5. The molecule has 7 nitrogen and oxygen atoms in total. The van der Waals surface area contributed by atoms with Gasteiger partial charge in [-0.3, -0.25) is 4.90 Å². The molecule has 2 aromatic carbocycles. The summed E-state index contributed by atoms with van der Waals surface area (Å²) >= 11 is 0. The van der Waals surface area contributed by atoms with Gasteiger partial charge in [-0.1, -0.05) is 18.2 Å². The third kappa shape index (κ3) is 3.72. The van der Waals surface area contributed by atoms with Gasteiger partial charge in [0.15, 0.2) is 0 Å². The van der Waals surface area contributed by atoms with Gasteiger partial charge in [0.05, 0.1) is 28.8 Å². The van der Waals surface area contributed by atoms with Crippen LogP contribution < -0.4 is 10.6 Å². The molecule has 1 atom stereocenters. The zero-order chi connectivity index (χ0) is 22.3. The van der Waals surface area contributed by atoms with Crippen molar-refractivity contribution >= 4 is 30.0 Å². The molecule has 0 bridgehead atoms. The molecule has 0 unspecified atom stereocenters. The molecule has 0 saturated heterocycles.